The number of carbonyl (C=O) groups excluding carboxylic acids is 1. The van der Waals surface area contributed by atoms with Crippen LogP contribution in [0.4, 0.5) is 0 Å². The summed E-state index contributed by atoms with van der Waals surface area (Å²) in [5.41, 5.74) is 1.27. The van der Waals surface area contributed by atoms with Crippen LogP contribution in [0.1, 0.15) is 44.2 Å². The first-order valence-corrected chi connectivity index (χ1v) is 9.52. The quantitative estimate of drug-likeness (QED) is 0.815. The van der Waals surface area contributed by atoms with Gasteiger partial charge < -0.3 is 10.6 Å². The number of piperidine rings is 1. The van der Waals surface area contributed by atoms with Crippen LogP contribution in [0.5, 0.6) is 0 Å². The van der Waals surface area contributed by atoms with Gasteiger partial charge >= 0.3 is 0 Å². The lowest BCUT2D eigenvalue weighted by Crippen LogP contribution is -2.45. The molecular formula is C19H29Cl2N3O. The van der Waals surface area contributed by atoms with Gasteiger partial charge in [0, 0.05) is 24.2 Å². The van der Waals surface area contributed by atoms with Crippen LogP contribution in [-0.4, -0.2) is 43.0 Å². The van der Waals surface area contributed by atoms with E-state index in [4.69, 9.17) is 11.6 Å². The number of nitrogens with zero attached hydrogens (tertiary/aromatic N) is 1. The summed E-state index contributed by atoms with van der Waals surface area (Å²) in [6, 6.07) is 8.53. The monoisotopic (exact) mass is 385 g/mol. The summed E-state index contributed by atoms with van der Waals surface area (Å²) in [6.45, 7) is 6.14. The molecule has 2 aliphatic heterocycles. The van der Waals surface area contributed by atoms with E-state index in [9.17, 15) is 4.79 Å². The molecule has 2 saturated heterocycles. The molecule has 25 heavy (non-hydrogen) atoms. The van der Waals surface area contributed by atoms with Crippen molar-refractivity contribution < 1.29 is 4.79 Å². The molecular weight excluding hydrogens is 357 g/mol. The zero-order valence-electron chi connectivity index (χ0n) is 14.8. The van der Waals surface area contributed by atoms with Crippen molar-refractivity contribution in [2.24, 2.45) is 5.92 Å². The van der Waals surface area contributed by atoms with E-state index < -0.39 is 0 Å². The molecule has 2 heterocycles. The first kappa shape index (κ1) is 20.5. The van der Waals surface area contributed by atoms with Crippen LogP contribution < -0.4 is 10.6 Å². The van der Waals surface area contributed by atoms with E-state index in [-0.39, 0.29) is 24.4 Å². The van der Waals surface area contributed by atoms with E-state index in [1.807, 2.05) is 12.1 Å². The number of halogens is 2. The minimum atomic E-state index is 0. The van der Waals surface area contributed by atoms with Crippen molar-refractivity contribution in [3.8, 4) is 0 Å². The number of likely N-dealkylation sites (tertiary alicyclic amines) is 1. The van der Waals surface area contributed by atoms with Gasteiger partial charge in [0.1, 0.15) is 0 Å². The van der Waals surface area contributed by atoms with Crippen LogP contribution in [0, 0.1) is 5.92 Å². The molecule has 0 aromatic heterocycles. The van der Waals surface area contributed by atoms with E-state index in [1.165, 1.54) is 18.4 Å². The largest absolute Gasteiger partial charge is 0.354 e. The van der Waals surface area contributed by atoms with Gasteiger partial charge in [0.15, 0.2) is 0 Å². The van der Waals surface area contributed by atoms with E-state index in [2.05, 4.69) is 34.6 Å². The van der Waals surface area contributed by atoms with Gasteiger partial charge in [0.25, 0.3) is 0 Å². The average Bonchev–Trinajstić information content (AvgIpc) is 3.14. The molecule has 140 valence electrons. The molecule has 0 radical (unpaired) electrons. The predicted octanol–water partition coefficient (Wildman–Crippen LogP) is 3.40. The van der Waals surface area contributed by atoms with Crippen molar-refractivity contribution in [2.75, 3.05) is 26.2 Å². The maximum absolute atomic E-state index is 12.2. The Bertz CT molecular complexity index is 563. The topological polar surface area (TPSA) is 44.4 Å². The lowest BCUT2D eigenvalue weighted by molar-refractivity contribution is -0.123. The number of carbonyl (C=O) groups is 1. The number of nitrogens with one attached hydrogen (secondary N) is 2. The first-order chi connectivity index (χ1) is 11.6. The lowest BCUT2D eigenvalue weighted by Gasteiger charge is -2.37. The van der Waals surface area contributed by atoms with Crippen LogP contribution in [0.25, 0.3) is 0 Å². The number of amides is 1. The third-order valence-corrected chi connectivity index (χ3v) is 5.61. The molecule has 0 saturated carbocycles. The van der Waals surface area contributed by atoms with Gasteiger partial charge in [-0.05, 0) is 69.3 Å². The van der Waals surface area contributed by atoms with E-state index >= 15 is 0 Å². The highest BCUT2D eigenvalue weighted by Gasteiger charge is 2.26. The zero-order valence-corrected chi connectivity index (χ0v) is 16.4. The summed E-state index contributed by atoms with van der Waals surface area (Å²) in [7, 11) is 0. The van der Waals surface area contributed by atoms with Gasteiger partial charge in [-0.1, -0.05) is 23.7 Å². The number of rotatable bonds is 5. The van der Waals surface area contributed by atoms with Crippen molar-refractivity contribution in [3.05, 3.63) is 34.9 Å². The Morgan fingerprint density at radius 1 is 1.40 bits per heavy atom. The Balaban J connectivity index is 0.00000225. The molecule has 2 aliphatic rings. The zero-order chi connectivity index (χ0) is 16.9. The molecule has 1 aromatic carbocycles. The van der Waals surface area contributed by atoms with Crippen molar-refractivity contribution in [3.63, 3.8) is 0 Å². The van der Waals surface area contributed by atoms with Crippen molar-refractivity contribution >= 4 is 29.9 Å². The molecule has 0 aliphatic carbocycles. The minimum absolute atomic E-state index is 0. The third kappa shape index (κ3) is 5.58. The van der Waals surface area contributed by atoms with Crippen molar-refractivity contribution in [1.82, 2.24) is 15.5 Å². The van der Waals surface area contributed by atoms with Crippen LogP contribution in [0.3, 0.4) is 0 Å². The average molecular weight is 386 g/mol. The highest BCUT2D eigenvalue weighted by Crippen LogP contribution is 2.27. The fraction of sp³-hybridized carbons (Fsp3) is 0.632. The molecule has 0 bridgehead atoms. The summed E-state index contributed by atoms with van der Waals surface area (Å²) >= 11 is 6.13. The van der Waals surface area contributed by atoms with E-state index in [0.29, 0.717) is 12.0 Å². The summed E-state index contributed by atoms with van der Waals surface area (Å²) in [4.78, 5) is 14.7. The van der Waals surface area contributed by atoms with Crippen molar-refractivity contribution in [2.45, 2.75) is 44.7 Å². The Morgan fingerprint density at radius 3 is 2.96 bits per heavy atom. The molecule has 2 N–H and O–H groups in total. The first-order valence-electron chi connectivity index (χ1n) is 9.14. The summed E-state index contributed by atoms with van der Waals surface area (Å²) < 4.78 is 0. The Morgan fingerprint density at radius 2 is 2.24 bits per heavy atom. The Hall–Kier alpha value is -0.810. The SMILES string of the molecule is CC(c1cccc(Cl)c1)N1CCCC(CNC(=O)C2CCCN2)C1.Cl. The van der Waals surface area contributed by atoms with Crippen LogP contribution in [0.2, 0.25) is 5.02 Å². The van der Waals surface area contributed by atoms with Crippen LogP contribution in [-0.2, 0) is 4.79 Å². The normalized spacial score (nSPS) is 25.2. The molecule has 6 heteroatoms. The van der Waals surface area contributed by atoms with Crippen LogP contribution >= 0.6 is 24.0 Å². The molecule has 3 rings (SSSR count). The molecule has 3 atom stereocenters. The highest BCUT2D eigenvalue weighted by molar-refractivity contribution is 6.30. The molecule has 3 unspecified atom stereocenters. The highest BCUT2D eigenvalue weighted by atomic mass is 35.5. The Kier molecular flexibility index (Phi) is 8.01. The fourth-order valence-corrected chi connectivity index (χ4v) is 4.07. The molecule has 0 spiro atoms. The second-order valence-electron chi connectivity index (χ2n) is 7.13. The predicted molar refractivity (Wildman–Crippen MR) is 105 cm³/mol. The number of benzene rings is 1. The van der Waals surface area contributed by atoms with E-state index in [1.54, 1.807) is 0 Å². The van der Waals surface area contributed by atoms with Crippen molar-refractivity contribution in [1.29, 1.82) is 0 Å². The van der Waals surface area contributed by atoms with Gasteiger partial charge in [0.2, 0.25) is 5.91 Å². The molecule has 2 fully saturated rings. The van der Waals surface area contributed by atoms with Gasteiger partial charge in [-0.15, -0.1) is 12.4 Å². The van der Waals surface area contributed by atoms with Gasteiger partial charge in [-0.2, -0.15) is 0 Å². The Labute approximate surface area is 162 Å². The van der Waals surface area contributed by atoms with Crippen LogP contribution in [0.15, 0.2) is 24.3 Å². The second kappa shape index (κ2) is 9.77. The lowest BCUT2D eigenvalue weighted by atomic mass is 9.95. The minimum Gasteiger partial charge on any atom is -0.354 e. The maximum atomic E-state index is 12.2. The summed E-state index contributed by atoms with van der Waals surface area (Å²) in [5, 5.41) is 7.21. The molecule has 1 aromatic rings. The fourth-order valence-electron chi connectivity index (χ4n) is 3.87. The standard InChI is InChI=1S/C19H28ClN3O.ClH/c1-14(16-6-2-7-17(20)11-16)23-10-4-5-15(13-23)12-22-19(24)18-8-3-9-21-18;/h2,6-7,11,14-15,18,21H,3-5,8-10,12-13H2,1H3,(H,22,24);1H. The molecule has 1 amide bonds. The maximum Gasteiger partial charge on any atom is 0.237 e. The smallest absolute Gasteiger partial charge is 0.237 e. The van der Waals surface area contributed by atoms with Gasteiger partial charge in [-0.25, -0.2) is 0 Å². The van der Waals surface area contributed by atoms with Gasteiger partial charge in [0.05, 0.1) is 6.04 Å². The summed E-state index contributed by atoms with van der Waals surface area (Å²) in [5.74, 6) is 0.707. The number of hydrogen-bond donors (Lipinski definition) is 2. The third-order valence-electron chi connectivity index (χ3n) is 5.37. The summed E-state index contributed by atoms with van der Waals surface area (Å²) in [6.07, 6.45) is 4.45. The van der Waals surface area contributed by atoms with E-state index in [0.717, 1.165) is 44.0 Å². The molecule has 4 nitrogen and oxygen atoms in total. The second-order valence-corrected chi connectivity index (χ2v) is 7.56. The number of hydrogen-bond acceptors (Lipinski definition) is 3. The van der Waals surface area contributed by atoms with Gasteiger partial charge in [-0.3, -0.25) is 9.69 Å².